The number of carbonyl (C=O) groups is 3. The van der Waals surface area contributed by atoms with Crippen molar-refractivity contribution < 1.29 is 28.6 Å². The molecular formula is C68H116O6. The first-order valence-corrected chi connectivity index (χ1v) is 31.2. The fourth-order valence-electron chi connectivity index (χ4n) is 8.65. The van der Waals surface area contributed by atoms with E-state index >= 15 is 0 Å². The average Bonchev–Trinajstić information content (AvgIpc) is 3.40. The average molecular weight is 1030 g/mol. The van der Waals surface area contributed by atoms with Crippen LogP contribution in [0.5, 0.6) is 0 Å². The number of rotatable bonds is 56. The molecule has 0 rings (SSSR count). The van der Waals surface area contributed by atoms with Gasteiger partial charge in [-0.1, -0.05) is 272 Å². The van der Waals surface area contributed by atoms with E-state index in [0.717, 1.165) is 135 Å². The highest BCUT2D eigenvalue weighted by molar-refractivity contribution is 5.71. The third-order valence-electron chi connectivity index (χ3n) is 13.3. The molecule has 0 saturated heterocycles. The second kappa shape index (κ2) is 61.9. The van der Waals surface area contributed by atoms with Crippen LogP contribution in [0, 0.1) is 0 Å². The molecule has 1 atom stereocenters. The molecule has 0 heterocycles. The normalized spacial score (nSPS) is 12.7. The quantitative estimate of drug-likeness (QED) is 0.0261. The first kappa shape index (κ1) is 70.3. The fraction of sp³-hybridized carbons (Fsp3) is 0.721. The Labute approximate surface area is 457 Å². The Hall–Kier alpha value is -3.67. The molecule has 424 valence electrons. The van der Waals surface area contributed by atoms with Crippen LogP contribution in [0.2, 0.25) is 0 Å². The lowest BCUT2D eigenvalue weighted by Gasteiger charge is -2.18. The van der Waals surface area contributed by atoms with Crippen LogP contribution in [-0.2, 0) is 28.6 Å². The topological polar surface area (TPSA) is 78.9 Å². The van der Waals surface area contributed by atoms with Crippen LogP contribution in [0.3, 0.4) is 0 Å². The van der Waals surface area contributed by atoms with Crippen LogP contribution >= 0.6 is 0 Å². The highest BCUT2D eigenvalue weighted by Crippen LogP contribution is 2.16. The number of esters is 3. The predicted molar refractivity (Wildman–Crippen MR) is 320 cm³/mol. The maximum atomic E-state index is 12.9. The second-order valence-corrected chi connectivity index (χ2v) is 20.6. The van der Waals surface area contributed by atoms with Gasteiger partial charge in [-0.15, -0.1) is 0 Å². The summed E-state index contributed by atoms with van der Waals surface area (Å²) in [4.78, 5) is 38.3. The lowest BCUT2D eigenvalue weighted by Crippen LogP contribution is -2.30. The van der Waals surface area contributed by atoms with E-state index in [9.17, 15) is 14.4 Å². The van der Waals surface area contributed by atoms with Gasteiger partial charge in [0, 0.05) is 19.3 Å². The SMILES string of the molecule is CC/C=C\C/C=C\C/C=C\C/C=C\C/C=C\C/C=C\CCCCCCC(=O)OCC(COC(=O)CCCCCCC/C=C\C/C=C\CCCCC)OC(=O)CCCCCCCCCCCCCCCCCCCC. The minimum absolute atomic E-state index is 0.0914. The largest absolute Gasteiger partial charge is 0.462 e. The molecule has 6 heteroatoms. The second-order valence-electron chi connectivity index (χ2n) is 20.6. The van der Waals surface area contributed by atoms with E-state index < -0.39 is 6.10 Å². The summed E-state index contributed by atoms with van der Waals surface area (Å²) in [5.74, 6) is -0.919. The Morgan fingerprint density at radius 3 is 0.851 bits per heavy atom. The van der Waals surface area contributed by atoms with Crippen molar-refractivity contribution in [3.05, 3.63) is 97.2 Å². The Bertz CT molecular complexity index is 1460. The highest BCUT2D eigenvalue weighted by atomic mass is 16.6. The predicted octanol–water partition coefficient (Wildman–Crippen LogP) is 21.3. The van der Waals surface area contributed by atoms with Crippen molar-refractivity contribution in [2.24, 2.45) is 0 Å². The number of hydrogen-bond acceptors (Lipinski definition) is 6. The van der Waals surface area contributed by atoms with Gasteiger partial charge in [0.15, 0.2) is 6.10 Å². The van der Waals surface area contributed by atoms with Crippen molar-refractivity contribution in [2.75, 3.05) is 13.2 Å². The maximum absolute atomic E-state index is 12.9. The van der Waals surface area contributed by atoms with E-state index in [2.05, 4.69) is 118 Å². The molecule has 0 aromatic heterocycles. The molecule has 0 radical (unpaired) electrons. The van der Waals surface area contributed by atoms with Crippen LogP contribution in [0.25, 0.3) is 0 Å². The molecule has 0 aromatic rings. The van der Waals surface area contributed by atoms with E-state index in [1.807, 2.05) is 0 Å². The summed E-state index contributed by atoms with van der Waals surface area (Å²) in [6.07, 6.45) is 82.6. The van der Waals surface area contributed by atoms with E-state index in [1.54, 1.807) is 0 Å². The smallest absolute Gasteiger partial charge is 0.306 e. The monoisotopic (exact) mass is 1030 g/mol. The lowest BCUT2D eigenvalue weighted by molar-refractivity contribution is -0.167. The van der Waals surface area contributed by atoms with Gasteiger partial charge in [-0.3, -0.25) is 14.4 Å². The minimum Gasteiger partial charge on any atom is -0.462 e. The summed E-state index contributed by atoms with van der Waals surface area (Å²) in [5.41, 5.74) is 0. The summed E-state index contributed by atoms with van der Waals surface area (Å²) in [5, 5.41) is 0. The van der Waals surface area contributed by atoms with Crippen molar-refractivity contribution in [1.29, 1.82) is 0 Å². The van der Waals surface area contributed by atoms with Gasteiger partial charge in [0.05, 0.1) is 0 Å². The van der Waals surface area contributed by atoms with Crippen LogP contribution in [0.4, 0.5) is 0 Å². The first-order valence-electron chi connectivity index (χ1n) is 31.2. The molecule has 1 unspecified atom stereocenters. The molecule has 6 nitrogen and oxygen atoms in total. The lowest BCUT2D eigenvalue weighted by atomic mass is 10.0. The molecule has 0 amide bonds. The van der Waals surface area contributed by atoms with Crippen molar-refractivity contribution in [1.82, 2.24) is 0 Å². The molecule has 0 aliphatic rings. The zero-order chi connectivity index (χ0) is 53.6. The summed E-state index contributed by atoms with van der Waals surface area (Å²) < 4.78 is 16.9. The van der Waals surface area contributed by atoms with Crippen LogP contribution in [0.1, 0.15) is 297 Å². The number of hydrogen-bond donors (Lipinski definition) is 0. The molecule has 0 N–H and O–H groups in total. The molecular weight excluding hydrogens is 913 g/mol. The molecule has 0 saturated carbocycles. The third kappa shape index (κ3) is 59.2. The van der Waals surface area contributed by atoms with Crippen LogP contribution < -0.4 is 0 Å². The minimum atomic E-state index is -0.794. The van der Waals surface area contributed by atoms with Crippen LogP contribution in [0.15, 0.2) is 97.2 Å². The summed E-state index contributed by atoms with van der Waals surface area (Å²) in [6.45, 7) is 6.49. The highest BCUT2D eigenvalue weighted by Gasteiger charge is 2.19. The zero-order valence-electron chi connectivity index (χ0n) is 48.6. The van der Waals surface area contributed by atoms with Crippen molar-refractivity contribution in [3.8, 4) is 0 Å². The summed E-state index contributed by atoms with van der Waals surface area (Å²) >= 11 is 0. The van der Waals surface area contributed by atoms with Gasteiger partial charge in [-0.2, -0.15) is 0 Å². The molecule has 0 spiro atoms. The molecule has 0 fully saturated rings. The van der Waals surface area contributed by atoms with E-state index in [1.165, 1.54) is 122 Å². The number of allylic oxidation sites excluding steroid dienone is 16. The van der Waals surface area contributed by atoms with E-state index in [-0.39, 0.29) is 31.1 Å². The van der Waals surface area contributed by atoms with E-state index in [4.69, 9.17) is 14.2 Å². The fourth-order valence-corrected chi connectivity index (χ4v) is 8.65. The molecule has 74 heavy (non-hydrogen) atoms. The first-order chi connectivity index (χ1) is 36.5. The Morgan fingerprint density at radius 2 is 0.527 bits per heavy atom. The van der Waals surface area contributed by atoms with Crippen LogP contribution in [-0.4, -0.2) is 37.2 Å². The van der Waals surface area contributed by atoms with Crippen molar-refractivity contribution >= 4 is 17.9 Å². The number of carbonyl (C=O) groups excluding carboxylic acids is 3. The molecule has 0 aliphatic carbocycles. The van der Waals surface area contributed by atoms with Gasteiger partial charge in [0.25, 0.3) is 0 Å². The Morgan fingerprint density at radius 1 is 0.284 bits per heavy atom. The van der Waals surface area contributed by atoms with Gasteiger partial charge >= 0.3 is 17.9 Å². The van der Waals surface area contributed by atoms with Crippen molar-refractivity contribution in [2.45, 2.75) is 303 Å². The Balaban J connectivity index is 4.43. The Kier molecular flexibility index (Phi) is 58.8. The van der Waals surface area contributed by atoms with E-state index in [0.29, 0.717) is 19.3 Å². The standard InChI is InChI=1S/C68H116O6/c1-4-7-10-13-16-19-22-25-28-30-32-33-34-35-36-38-40-43-46-49-52-55-58-61-67(70)73-64-65(63-72-66(69)60-57-54-51-48-45-42-39-27-24-21-18-15-12-9-6-3)74-68(71)62-59-56-53-50-47-44-41-37-31-29-26-23-20-17-14-11-8-5-2/h7,10,16,18-19,21,25,27-28,32-33,35-36,39-40,43,65H,4-6,8-9,11-15,17,20,22-24,26,29-31,34,37-38,41-42,44-64H2,1-3H3/b10-7-,19-16-,21-18-,28-25-,33-32-,36-35-,39-27-,43-40-. The molecule has 0 aromatic carbocycles. The summed E-state index contributed by atoms with van der Waals surface area (Å²) in [6, 6.07) is 0. The van der Waals surface area contributed by atoms with Gasteiger partial charge in [0.2, 0.25) is 0 Å². The van der Waals surface area contributed by atoms with Gasteiger partial charge in [0.1, 0.15) is 13.2 Å². The van der Waals surface area contributed by atoms with Gasteiger partial charge < -0.3 is 14.2 Å². The maximum Gasteiger partial charge on any atom is 0.306 e. The van der Waals surface area contributed by atoms with Gasteiger partial charge in [-0.25, -0.2) is 0 Å². The number of ether oxygens (including phenoxy) is 3. The van der Waals surface area contributed by atoms with Crippen molar-refractivity contribution in [3.63, 3.8) is 0 Å². The third-order valence-corrected chi connectivity index (χ3v) is 13.3. The molecule has 0 bridgehead atoms. The number of unbranched alkanes of at least 4 members (excludes halogenated alkanes) is 29. The summed E-state index contributed by atoms with van der Waals surface area (Å²) in [7, 11) is 0. The zero-order valence-corrected chi connectivity index (χ0v) is 48.6. The van der Waals surface area contributed by atoms with Gasteiger partial charge in [-0.05, 0) is 103 Å². The molecule has 0 aliphatic heterocycles.